The Labute approximate surface area is 104 Å². The number of aryl methyl sites for hydroxylation is 1. The molecule has 1 aromatic carbocycles. The summed E-state index contributed by atoms with van der Waals surface area (Å²) in [6.07, 6.45) is 1.91. The highest BCUT2D eigenvalue weighted by Gasteiger charge is 2.23. The number of aliphatic hydroxyl groups excluding tert-OH is 1. The van der Waals surface area contributed by atoms with Gasteiger partial charge in [-0.1, -0.05) is 38.1 Å². The topological polar surface area (TPSA) is 23.5 Å². The Morgan fingerprint density at radius 3 is 2.47 bits per heavy atom. The van der Waals surface area contributed by atoms with Crippen LogP contribution < -0.4 is 0 Å². The fraction of sp³-hybridized carbons (Fsp3) is 0.600. The Morgan fingerprint density at radius 1 is 1.24 bits per heavy atom. The zero-order valence-electron chi connectivity index (χ0n) is 10.9. The van der Waals surface area contributed by atoms with Gasteiger partial charge in [0, 0.05) is 19.6 Å². The molecule has 1 aliphatic heterocycles. The minimum Gasteiger partial charge on any atom is -0.393 e. The number of aliphatic hydroxyl groups is 1. The molecule has 94 valence electrons. The third kappa shape index (κ3) is 3.30. The summed E-state index contributed by atoms with van der Waals surface area (Å²) in [6.45, 7) is 7.36. The van der Waals surface area contributed by atoms with Gasteiger partial charge < -0.3 is 5.11 Å². The van der Waals surface area contributed by atoms with Crippen LogP contribution in [0.15, 0.2) is 24.3 Å². The van der Waals surface area contributed by atoms with Crippen LogP contribution in [0.2, 0.25) is 0 Å². The first-order valence-electron chi connectivity index (χ1n) is 6.67. The highest BCUT2D eigenvalue weighted by Crippen LogP contribution is 2.18. The van der Waals surface area contributed by atoms with Gasteiger partial charge in [-0.15, -0.1) is 0 Å². The van der Waals surface area contributed by atoms with Crippen LogP contribution in [0.25, 0.3) is 0 Å². The van der Waals surface area contributed by atoms with Gasteiger partial charge in [-0.25, -0.2) is 0 Å². The fourth-order valence-corrected chi connectivity index (χ4v) is 2.50. The number of nitrogens with zero attached hydrogens (tertiary/aromatic N) is 1. The Bertz CT molecular complexity index is 346. The van der Waals surface area contributed by atoms with E-state index in [-0.39, 0.29) is 6.10 Å². The average Bonchev–Trinajstić information content (AvgIpc) is 2.35. The van der Waals surface area contributed by atoms with E-state index in [0.29, 0.717) is 5.92 Å². The largest absolute Gasteiger partial charge is 0.393 e. The monoisotopic (exact) mass is 233 g/mol. The van der Waals surface area contributed by atoms with Gasteiger partial charge >= 0.3 is 0 Å². The second-order valence-corrected chi connectivity index (χ2v) is 5.24. The lowest BCUT2D eigenvalue weighted by Crippen LogP contribution is -2.41. The Kier molecular flexibility index (Phi) is 4.19. The SMILES string of the molecule is CCc1ccc(CN2CCC(O)C(C)C2)cc1. The van der Waals surface area contributed by atoms with Crippen molar-refractivity contribution in [3.63, 3.8) is 0 Å². The van der Waals surface area contributed by atoms with Crippen LogP contribution in [-0.4, -0.2) is 29.2 Å². The third-order valence-electron chi connectivity index (χ3n) is 3.78. The normalized spacial score (nSPS) is 26.1. The number of piperidine rings is 1. The minimum atomic E-state index is -0.103. The van der Waals surface area contributed by atoms with Crippen LogP contribution in [0.3, 0.4) is 0 Å². The van der Waals surface area contributed by atoms with E-state index < -0.39 is 0 Å². The molecule has 2 atom stereocenters. The Balaban J connectivity index is 1.92. The predicted molar refractivity (Wildman–Crippen MR) is 70.9 cm³/mol. The van der Waals surface area contributed by atoms with E-state index in [1.807, 2.05) is 0 Å². The molecule has 1 N–H and O–H groups in total. The maximum atomic E-state index is 9.70. The fourth-order valence-electron chi connectivity index (χ4n) is 2.50. The van der Waals surface area contributed by atoms with Gasteiger partial charge in [-0.2, -0.15) is 0 Å². The number of likely N-dealkylation sites (tertiary alicyclic amines) is 1. The molecule has 1 aliphatic rings. The molecule has 0 bridgehead atoms. The molecule has 0 aliphatic carbocycles. The summed E-state index contributed by atoms with van der Waals surface area (Å²) in [5, 5.41) is 9.70. The zero-order valence-corrected chi connectivity index (χ0v) is 10.9. The minimum absolute atomic E-state index is 0.103. The maximum Gasteiger partial charge on any atom is 0.0590 e. The molecule has 2 unspecified atom stereocenters. The van der Waals surface area contributed by atoms with E-state index in [9.17, 15) is 5.11 Å². The van der Waals surface area contributed by atoms with Crippen molar-refractivity contribution in [1.82, 2.24) is 4.90 Å². The second kappa shape index (κ2) is 5.65. The Hall–Kier alpha value is -0.860. The highest BCUT2D eigenvalue weighted by molar-refractivity contribution is 5.22. The van der Waals surface area contributed by atoms with Crippen molar-refractivity contribution in [2.45, 2.75) is 39.3 Å². The van der Waals surface area contributed by atoms with Gasteiger partial charge in [0.1, 0.15) is 0 Å². The summed E-state index contributed by atoms with van der Waals surface area (Å²) >= 11 is 0. The number of rotatable bonds is 3. The van der Waals surface area contributed by atoms with E-state index >= 15 is 0 Å². The predicted octanol–water partition coefficient (Wildman–Crippen LogP) is 2.45. The van der Waals surface area contributed by atoms with Crippen molar-refractivity contribution in [2.24, 2.45) is 5.92 Å². The molecule has 1 aromatic rings. The van der Waals surface area contributed by atoms with E-state index in [1.165, 1.54) is 11.1 Å². The molecule has 1 saturated heterocycles. The molecule has 0 spiro atoms. The van der Waals surface area contributed by atoms with Gasteiger partial charge in [-0.05, 0) is 29.9 Å². The number of benzene rings is 1. The van der Waals surface area contributed by atoms with E-state index in [2.05, 4.69) is 43.0 Å². The second-order valence-electron chi connectivity index (χ2n) is 5.24. The van der Waals surface area contributed by atoms with Gasteiger partial charge in [-0.3, -0.25) is 4.90 Å². The number of hydrogen-bond donors (Lipinski definition) is 1. The molecule has 1 heterocycles. The van der Waals surface area contributed by atoms with Crippen molar-refractivity contribution < 1.29 is 5.11 Å². The van der Waals surface area contributed by atoms with Crippen LogP contribution in [0.4, 0.5) is 0 Å². The summed E-state index contributed by atoms with van der Waals surface area (Å²) in [5.74, 6) is 0.402. The molecule has 2 heteroatoms. The van der Waals surface area contributed by atoms with Crippen LogP contribution in [-0.2, 0) is 13.0 Å². The first kappa shape index (κ1) is 12.6. The molecule has 17 heavy (non-hydrogen) atoms. The summed E-state index contributed by atoms with van der Waals surface area (Å²) in [6, 6.07) is 8.90. The van der Waals surface area contributed by atoms with Gasteiger partial charge in [0.15, 0.2) is 0 Å². The quantitative estimate of drug-likeness (QED) is 0.867. The zero-order chi connectivity index (χ0) is 12.3. The summed E-state index contributed by atoms with van der Waals surface area (Å²) in [4.78, 5) is 2.44. The van der Waals surface area contributed by atoms with E-state index in [0.717, 1.165) is 32.5 Å². The van der Waals surface area contributed by atoms with Crippen LogP contribution in [0.1, 0.15) is 31.4 Å². The van der Waals surface area contributed by atoms with Crippen molar-refractivity contribution in [1.29, 1.82) is 0 Å². The van der Waals surface area contributed by atoms with Crippen LogP contribution in [0.5, 0.6) is 0 Å². The molecule has 0 radical (unpaired) electrons. The lowest BCUT2D eigenvalue weighted by atomic mass is 9.96. The number of hydrogen-bond acceptors (Lipinski definition) is 2. The first-order valence-corrected chi connectivity index (χ1v) is 6.67. The lowest BCUT2D eigenvalue weighted by molar-refractivity contribution is 0.0320. The van der Waals surface area contributed by atoms with Gasteiger partial charge in [0.05, 0.1) is 6.10 Å². The smallest absolute Gasteiger partial charge is 0.0590 e. The van der Waals surface area contributed by atoms with Crippen molar-refractivity contribution >= 4 is 0 Å². The highest BCUT2D eigenvalue weighted by atomic mass is 16.3. The van der Waals surface area contributed by atoms with E-state index in [4.69, 9.17) is 0 Å². The first-order chi connectivity index (χ1) is 8.19. The molecule has 0 amide bonds. The molecule has 0 aromatic heterocycles. The molecular weight excluding hydrogens is 210 g/mol. The summed E-state index contributed by atoms with van der Waals surface area (Å²) < 4.78 is 0. The third-order valence-corrected chi connectivity index (χ3v) is 3.78. The van der Waals surface area contributed by atoms with Gasteiger partial charge in [0.25, 0.3) is 0 Å². The van der Waals surface area contributed by atoms with Crippen molar-refractivity contribution in [2.75, 3.05) is 13.1 Å². The molecule has 0 saturated carbocycles. The molecule has 1 fully saturated rings. The average molecular weight is 233 g/mol. The van der Waals surface area contributed by atoms with Crippen LogP contribution >= 0.6 is 0 Å². The molecular formula is C15H23NO. The van der Waals surface area contributed by atoms with Crippen molar-refractivity contribution in [3.05, 3.63) is 35.4 Å². The summed E-state index contributed by atoms with van der Waals surface area (Å²) in [5.41, 5.74) is 2.78. The van der Waals surface area contributed by atoms with E-state index in [1.54, 1.807) is 0 Å². The summed E-state index contributed by atoms with van der Waals surface area (Å²) in [7, 11) is 0. The van der Waals surface area contributed by atoms with Crippen LogP contribution in [0, 0.1) is 5.92 Å². The molecule has 2 nitrogen and oxygen atoms in total. The van der Waals surface area contributed by atoms with Gasteiger partial charge in [0.2, 0.25) is 0 Å². The standard InChI is InChI=1S/C15H23NO/c1-3-13-4-6-14(7-5-13)11-16-9-8-15(17)12(2)10-16/h4-7,12,15,17H,3,8-11H2,1-2H3. The Morgan fingerprint density at radius 2 is 1.88 bits per heavy atom. The van der Waals surface area contributed by atoms with Crippen molar-refractivity contribution in [3.8, 4) is 0 Å². The maximum absolute atomic E-state index is 9.70. The lowest BCUT2D eigenvalue weighted by Gasteiger charge is -2.34. The molecule has 2 rings (SSSR count).